The molecule has 7 nitrogen and oxygen atoms in total. The number of nitrogens with zero attached hydrogens (tertiary/aromatic N) is 5. The van der Waals surface area contributed by atoms with E-state index in [1.807, 2.05) is 12.1 Å². The Labute approximate surface area is 113 Å². The van der Waals surface area contributed by atoms with Crippen LogP contribution in [-0.4, -0.2) is 30.2 Å². The van der Waals surface area contributed by atoms with Crippen LogP contribution >= 0.6 is 11.6 Å². The standard InChI is InChI=1S/C11H10ClN7/c12-10-2-1-9(19-7-16-17-18-19)3-11(10)14-5-8-4-13-6-15-8/h1-4,6-7,14H,5H2,(H,13,15). The number of H-pyrrole nitrogens is 1. The zero-order valence-corrected chi connectivity index (χ0v) is 10.5. The summed E-state index contributed by atoms with van der Waals surface area (Å²) in [5.41, 5.74) is 2.62. The van der Waals surface area contributed by atoms with Gasteiger partial charge < -0.3 is 10.3 Å². The Morgan fingerprint density at radius 1 is 1.37 bits per heavy atom. The highest BCUT2D eigenvalue weighted by Gasteiger charge is 2.05. The fourth-order valence-corrected chi connectivity index (χ4v) is 1.83. The quantitative estimate of drug-likeness (QED) is 0.756. The van der Waals surface area contributed by atoms with Crippen molar-refractivity contribution in [2.24, 2.45) is 0 Å². The molecule has 0 atom stereocenters. The van der Waals surface area contributed by atoms with Crippen LogP contribution in [0.3, 0.4) is 0 Å². The van der Waals surface area contributed by atoms with E-state index in [-0.39, 0.29) is 0 Å². The molecule has 0 radical (unpaired) electrons. The van der Waals surface area contributed by atoms with Gasteiger partial charge in [0.1, 0.15) is 6.33 Å². The van der Waals surface area contributed by atoms with Gasteiger partial charge in [-0.05, 0) is 28.6 Å². The van der Waals surface area contributed by atoms with Crippen molar-refractivity contribution in [1.29, 1.82) is 0 Å². The molecule has 0 unspecified atom stereocenters. The first-order valence-corrected chi connectivity index (χ1v) is 5.95. The van der Waals surface area contributed by atoms with Crippen molar-refractivity contribution in [3.05, 3.63) is 47.8 Å². The minimum atomic E-state index is 0.610. The molecule has 19 heavy (non-hydrogen) atoms. The smallest absolute Gasteiger partial charge is 0.143 e. The summed E-state index contributed by atoms with van der Waals surface area (Å²) in [6.07, 6.45) is 4.92. The lowest BCUT2D eigenvalue weighted by molar-refractivity contribution is 0.789. The third kappa shape index (κ3) is 2.55. The summed E-state index contributed by atoms with van der Waals surface area (Å²) < 4.78 is 1.57. The highest BCUT2D eigenvalue weighted by atomic mass is 35.5. The summed E-state index contributed by atoms with van der Waals surface area (Å²) >= 11 is 6.15. The number of benzene rings is 1. The van der Waals surface area contributed by atoms with Crippen LogP contribution in [0.5, 0.6) is 0 Å². The Morgan fingerprint density at radius 2 is 2.32 bits per heavy atom. The molecule has 0 aliphatic carbocycles. The number of hydrogen-bond donors (Lipinski definition) is 2. The van der Waals surface area contributed by atoms with E-state index in [1.165, 1.54) is 6.33 Å². The van der Waals surface area contributed by atoms with Gasteiger partial charge in [0, 0.05) is 6.20 Å². The minimum Gasteiger partial charge on any atom is -0.378 e. The maximum Gasteiger partial charge on any atom is 0.143 e. The molecule has 0 spiro atoms. The van der Waals surface area contributed by atoms with Crippen LogP contribution in [0.25, 0.3) is 5.69 Å². The monoisotopic (exact) mass is 275 g/mol. The second kappa shape index (κ2) is 5.07. The number of anilines is 1. The third-order valence-corrected chi connectivity index (χ3v) is 2.92. The number of aromatic nitrogens is 6. The maximum absolute atomic E-state index is 6.15. The summed E-state index contributed by atoms with van der Waals surface area (Å²) in [5.74, 6) is 0. The molecule has 0 aliphatic rings. The van der Waals surface area contributed by atoms with Crippen molar-refractivity contribution in [1.82, 2.24) is 30.2 Å². The average molecular weight is 276 g/mol. The molecule has 3 aromatic rings. The molecule has 0 saturated carbocycles. The zero-order chi connectivity index (χ0) is 13.1. The number of aromatic amines is 1. The molecule has 2 aromatic heterocycles. The van der Waals surface area contributed by atoms with Crippen molar-refractivity contribution in [2.75, 3.05) is 5.32 Å². The maximum atomic E-state index is 6.15. The van der Waals surface area contributed by atoms with E-state index in [4.69, 9.17) is 11.6 Å². The highest BCUT2D eigenvalue weighted by Crippen LogP contribution is 2.24. The molecule has 0 amide bonds. The van der Waals surface area contributed by atoms with E-state index in [1.54, 1.807) is 23.3 Å². The Morgan fingerprint density at radius 3 is 3.05 bits per heavy atom. The van der Waals surface area contributed by atoms with Crippen LogP contribution in [0.1, 0.15) is 5.69 Å². The largest absolute Gasteiger partial charge is 0.378 e. The van der Waals surface area contributed by atoms with Crippen LogP contribution in [0.4, 0.5) is 5.69 Å². The van der Waals surface area contributed by atoms with E-state index in [2.05, 4.69) is 30.8 Å². The number of tetrazole rings is 1. The summed E-state index contributed by atoms with van der Waals surface area (Å²) in [7, 11) is 0. The van der Waals surface area contributed by atoms with Crippen LogP contribution in [-0.2, 0) is 6.54 Å². The Kier molecular flexibility index (Phi) is 3.11. The second-order valence-electron chi connectivity index (χ2n) is 3.85. The van der Waals surface area contributed by atoms with Gasteiger partial charge in [-0.1, -0.05) is 11.6 Å². The van der Waals surface area contributed by atoms with Gasteiger partial charge >= 0.3 is 0 Å². The van der Waals surface area contributed by atoms with Gasteiger partial charge in [0.15, 0.2) is 0 Å². The highest BCUT2D eigenvalue weighted by molar-refractivity contribution is 6.33. The molecule has 2 N–H and O–H groups in total. The number of imidazole rings is 1. The summed E-state index contributed by atoms with van der Waals surface area (Å²) in [4.78, 5) is 6.97. The van der Waals surface area contributed by atoms with Crippen molar-refractivity contribution in [2.45, 2.75) is 6.54 Å². The molecule has 0 fully saturated rings. The number of nitrogens with one attached hydrogen (secondary N) is 2. The second-order valence-corrected chi connectivity index (χ2v) is 4.26. The molecule has 0 saturated heterocycles. The predicted octanol–water partition coefficient (Wildman–Crippen LogP) is 1.65. The average Bonchev–Trinajstić information content (AvgIpc) is 3.11. The Balaban J connectivity index is 1.82. The van der Waals surface area contributed by atoms with Gasteiger partial charge in [-0.3, -0.25) is 0 Å². The van der Waals surface area contributed by atoms with E-state index in [0.717, 1.165) is 17.1 Å². The normalized spacial score (nSPS) is 10.6. The van der Waals surface area contributed by atoms with Crippen molar-refractivity contribution >= 4 is 17.3 Å². The lowest BCUT2D eigenvalue weighted by Crippen LogP contribution is -2.02. The van der Waals surface area contributed by atoms with Gasteiger partial charge in [-0.15, -0.1) is 5.10 Å². The van der Waals surface area contributed by atoms with E-state index >= 15 is 0 Å². The van der Waals surface area contributed by atoms with Crippen molar-refractivity contribution in [3.8, 4) is 5.69 Å². The lowest BCUT2D eigenvalue weighted by Gasteiger charge is -2.09. The van der Waals surface area contributed by atoms with E-state index in [0.29, 0.717) is 11.6 Å². The third-order valence-electron chi connectivity index (χ3n) is 2.59. The molecular weight excluding hydrogens is 266 g/mol. The summed E-state index contributed by atoms with van der Waals surface area (Å²) in [6, 6.07) is 5.53. The summed E-state index contributed by atoms with van der Waals surface area (Å²) in [6.45, 7) is 0.610. The van der Waals surface area contributed by atoms with Crippen molar-refractivity contribution < 1.29 is 0 Å². The molecule has 0 bridgehead atoms. The van der Waals surface area contributed by atoms with Gasteiger partial charge in [-0.25, -0.2) is 9.67 Å². The topological polar surface area (TPSA) is 84.3 Å². The fraction of sp³-hybridized carbons (Fsp3) is 0.0909. The first kappa shape index (κ1) is 11.7. The predicted molar refractivity (Wildman–Crippen MR) is 70.1 cm³/mol. The van der Waals surface area contributed by atoms with Gasteiger partial charge in [0.25, 0.3) is 0 Å². The van der Waals surface area contributed by atoms with Crippen LogP contribution in [0.2, 0.25) is 5.02 Å². The number of hydrogen-bond acceptors (Lipinski definition) is 5. The molecule has 1 aromatic carbocycles. The molecule has 0 aliphatic heterocycles. The van der Waals surface area contributed by atoms with Crippen molar-refractivity contribution in [3.63, 3.8) is 0 Å². The number of rotatable bonds is 4. The molecule has 96 valence electrons. The van der Waals surface area contributed by atoms with Crippen LogP contribution < -0.4 is 5.32 Å². The van der Waals surface area contributed by atoms with Crippen LogP contribution in [0, 0.1) is 0 Å². The van der Waals surface area contributed by atoms with Gasteiger partial charge in [0.05, 0.1) is 35.0 Å². The molecule has 8 heteroatoms. The number of halogens is 1. The fourth-order valence-electron chi connectivity index (χ4n) is 1.64. The van der Waals surface area contributed by atoms with E-state index < -0.39 is 0 Å². The molecular formula is C11H10ClN7. The Bertz CT molecular complexity index is 648. The molecule has 2 heterocycles. The van der Waals surface area contributed by atoms with Gasteiger partial charge in [-0.2, -0.15) is 0 Å². The first-order chi connectivity index (χ1) is 9.33. The van der Waals surface area contributed by atoms with Gasteiger partial charge in [0.2, 0.25) is 0 Å². The zero-order valence-electron chi connectivity index (χ0n) is 9.79. The van der Waals surface area contributed by atoms with Crippen LogP contribution in [0.15, 0.2) is 37.1 Å². The Hall–Kier alpha value is -2.41. The lowest BCUT2D eigenvalue weighted by atomic mass is 10.2. The SMILES string of the molecule is Clc1ccc(-n2cnnn2)cc1NCc1cnc[nH]1. The summed E-state index contributed by atoms with van der Waals surface area (Å²) in [5, 5.41) is 14.9. The minimum absolute atomic E-state index is 0.610. The van der Waals surface area contributed by atoms with E-state index in [9.17, 15) is 0 Å². The first-order valence-electron chi connectivity index (χ1n) is 5.57. The molecule has 3 rings (SSSR count).